The van der Waals surface area contributed by atoms with Gasteiger partial charge in [-0.3, -0.25) is 4.79 Å². The lowest BCUT2D eigenvalue weighted by molar-refractivity contribution is -0.172. The van der Waals surface area contributed by atoms with Gasteiger partial charge in [-0.05, 0) is 70.1 Å². The molecule has 27 heavy (non-hydrogen) atoms. The van der Waals surface area contributed by atoms with Crippen molar-refractivity contribution >= 4 is 5.91 Å². The van der Waals surface area contributed by atoms with Crippen LogP contribution in [-0.2, 0) is 10.3 Å². The van der Waals surface area contributed by atoms with Gasteiger partial charge in [-0.15, -0.1) is 0 Å². The first-order chi connectivity index (χ1) is 12.9. The van der Waals surface area contributed by atoms with Crippen molar-refractivity contribution in [2.24, 2.45) is 23.2 Å². The van der Waals surface area contributed by atoms with Crippen LogP contribution in [0.15, 0.2) is 12.7 Å². The van der Waals surface area contributed by atoms with Crippen LogP contribution in [0.5, 0.6) is 0 Å². The van der Waals surface area contributed by atoms with Crippen molar-refractivity contribution in [2.75, 3.05) is 13.1 Å². The zero-order chi connectivity index (χ0) is 18.9. The minimum Gasteiger partial charge on any atom is -0.390 e. The summed E-state index contributed by atoms with van der Waals surface area (Å²) in [6.45, 7) is 5.45. The lowest BCUT2D eigenvalue weighted by atomic mass is 9.46. The predicted octanol–water partition coefficient (Wildman–Crippen LogP) is 2.58. The van der Waals surface area contributed by atoms with Gasteiger partial charge in [0.05, 0.1) is 16.6 Å². The summed E-state index contributed by atoms with van der Waals surface area (Å²) >= 11 is 0. The highest BCUT2D eigenvalue weighted by Gasteiger charge is 2.62. The monoisotopic (exact) mass is 372 g/mol. The van der Waals surface area contributed by atoms with Gasteiger partial charge in [0.25, 0.3) is 0 Å². The molecule has 1 amide bonds. The Morgan fingerprint density at radius 1 is 1.26 bits per heavy atom. The largest absolute Gasteiger partial charge is 0.390 e. The van der Waals surface area contributed by atoms with Crippen LogP contribution in [-0.4, -0.2) is 49.4 Å². The summed E-state index contributed by atoms with van der Waals surface area (Å²) in [5.41, 5.74) is -0.881. The van der Waals surface area contributed by atoms with Crippen molar-refractivity contribution < 1.29 is 9.90 Å². The Labute approximate surface area is 161 Å². The van der Waals surface area contributed by atoms with E-state index in [0.717, 1.165) is 38.5 Å². The lowest BCUT2D eigenvalue weighted by Gasteiger charge is -2.62. The number of nitrogens with zero attached hydrogens (tertiary/aromatic N) is 4. The summed E-state index contributed by atoms with van der Waals surface area (Å²) in [5.74, 6) is 1.80. The maximum atomic E-state index is 13.8. The molecule has 0 spiro atoms. The van der Waals surface area contributed by atoms with Gasteiger partial charge < -0.3 is 10.0 Å². The highest BCUT2D eigenvalue weighted by molar-refractivity contribution is 5.83. The number of hydrogen-bond donors (Lipinski definition) is 1. The Morgan fingerprint density at radius 3 is 2.63 bits per heavy atom. The van der Waals surface area contributed by atoms with Gasteiger partial charge in [0, 0.05) is 19.0 Å². The van der Waals surface area contributed by atoms with Crippen LogP contribution in [0.3, 0.4) is 0 Å². The molecule has 6 nitrogen and oxygen atoms in total. The number of hydrogen-bond acceptors (Lipinski definition) is 4. The molecular formula is C21H32N4O2. The molecule has 2 heterocycles. The number of carbonyl (C=O) groups excluding carboxylic acids is 1. The molecule has 2 unspecified atom stereocenters. The fourth-order valence-electron chi connectivity index (χ4n) is 7.39. The van der Waals surface area contributed by atoms with Crippen molar-refractivity contribution in [1.82, 2.24) is 19.7 Å². The summed E-state index contributed by atoms with van der Waals surface area (Å²) in [6, 6.07) is 0. The van der Waals surface area contributed by atoms with E-state index in [2.05, 4.69) is 26.6 Å². The number of piperidine rings is 1. The van der Waals surface area contributed by atoms with Crippen molar-refractivity contribution in [3.63, 3.8) is 0 Å². The molecular weight excluding hydrogens is 340 g/mol. The predicted molar refractivity (Wildman–Crippen MR) is 101 cm³/mol. The Morgan fingerprint density at radius 2 is 2.00 bits per heavy atom. The van der Waals surface area contributed by atoms with E-state index in [0.29, 0.717) is 37.3 Å². The van der Waals surface area contributed by atoms with E-state index in [-0.39, 0.29) is 16.9 Å². The minimum atomic E-state index is -0.644. The number of amides is 1. The van der Waals surface area contributed by atoms with E-state index in [1.165, 1.54) is 6.42 Å². The van der Waals surface area contributed by atoms with Crippen LogP contribution in [0.2, 0.25) is 0 Å². The van der Waals surface area contributed by atoms with Crippen molar-refractivity contribution in [3.8, 4) is 0 Å². The van der Waals surface area contributed by atoms with Crippen LogP contribution in [0, 0.1) is 23.2 Å². The molecule has 6 rings (SSSR count). The molecule has 4 aliphatic carbocycles. The Hall–Kier alpha value is -1.43. The zero-order valence-corrected chi connectivity index (χ0v) is 16.6. The lowest BCUT2D eigenvalue weighted by Crippen LogP contribution is -2.63. The summed E-state index contributed by atoms with van der Waals surface area (Å²) < 4.78 is 2.07. The van der Waals surface area contributed by atoms with Crippen LogP contribution in [0.4, 0.5) is 0 Å². The minimum absolute atomic E-state index is 0.0122. The topological polar surface area (TPSA) is 71.2 Å². The number of rotatable bonds is 3. The molecule has 1 aromatic heterocycles. The highest BCUT2D eigenvalue weighted by Crippen LogP contribution is 2.64. The molecule has 6 heteroatoms. The van der Waals surface area contributed by atoms with E-state index in [1.54, 1.807) is 6.33 Å². The molecule has 5 fully saturated rings. The first kappa shape index (κ1) is 17.7. The number of carbonyl (C=O) groups is 1. The molecule has 1 saturated heterocycles. The first-order valence-corrected chi connectivity index (χ1v) is 10.7. The van der Waals surface area contributed by atoms with Crippen LogP contribution in [0.1, 0.15) is 65.2 Å². The van der Waals surface area contributed by atoms with Crippen molar-refractivity contribution in [1.29, 1.82) is 0 Å². The van der Waals surface area contributed by atoms with E-state index >= 15 is 0 Å². The maximum Gasteiger partial charge on any atom is 0.228 e. The number of aliphatic hydroxyl groups is 1. The molecule has 5 aliphatic rings. The quantitative estimate of drug-likeness (QED) is 0.885. The molecule has 0 radical (unpaired) electrons. The second-order valence-electron chi connectivity index (χ2n) is 10.3. The van der Waals surface area contributed by atoms with Gasteiger partial charge in [-0.25, -0.2) is 9.67 Å². The third-order valence-corrected chi connectivity index (χ3v) is 8.38. The molecule has 4 saturated carbocycles. The third-order valence-electron chi connectivity index (χ3n) is 8.38. The van der Waals surface area contributed by atoms with E-state index in [4.69, 9.17) is 0 Å². The smallest absolute Gasteiger partial charge is 0.228 e. The summed E-state index contributed by atoms with van der Waals surface area (Å²) in [6.07, 6.45) is 11.7. The van der Waals surface area contributed by atoms with Gasteiger partial charge in [0.2, 0.25) is 5.91 Å². The molecule has 148 valence electrons. The normalized spacial score (nSPS) is 46.0. The van der Waals surface area contributed by atoms with Crippen molar-refractivity contribution in [2.45, 2.75) is 76.4 Å². The molecule has 1 N–H and O–H groups in total. The molecule has 4 bridgehead atoms. The molecule has 0 aromatic carbocycles. The zero-order valence-electron chi connectivity index (χ0n) is 16.6. The first-order valence-electron chi connectivity index (χ1n) is 10.7. The van der Waals surface area contributed by atoms with Gasteiger partial charge in [-0.2, -0.15) is 5.10 Å². The third kappa shape index (κ3) is 2.59. The highest BCUT2D eigenvalue weighted by atomic mass is 16.3. The van der Waals surface area contributed by atoms with Crippen LogP contribution < -0.4 is 0 Å². The summed E-state index contributed by atoms with van der Waals surface area (Å²) in [4.78, 5) is 20.1. The standard InChI is InChI=1S/C21H32N4O2/c1-3-17-11-24(5-4-19(17,2)27)18(26)20-7-15-6-16(8-20)10-21(9-15,12-20)25-14-22-13-23-25/h13-17,27H,3-12H2,1-2H3/t15-,16+,17-,19+,20?,21?/m0/s1. The Kier molecular flexibility index (Phi) is 3.78. The Balaban J connectivity index is 1.44. The molecule has 1 aromatic rings. The number of likely N-dealkylation sites (tertiary alicyclic amines) is 1. The van der Waals surface area contributed by atoms with Crippen LogP contribution >= 0.6 is 0 Å². The summed E-state index contributed by atoms with van der Waals surface area (Å²) in [7, 11) is 0. The fourth-order valence-corrected chi connectivity index (χ4v) is 7.39. The van der Waals surface area contributed by atoms with Crippen molar-refractivity contribution in [3.05, 3.63) is 12.7 Å². The average molecular weight is 373 g/mol. The average Bonchev–Trinajstić information content (AvgIpc) is 3.15. The molecule has 1 aliphatic heterocycles. The van der Waals surface area contributed by atoms with Gasteiger partial charge in [0.1, 0.15) is 12.7 Å². The Bertz CT molecular complexity index is 715. The second kappa shape index (κ2) is 5.79. The summed E-state index contributed by atoms with van der Waals surface area (Å²) in [5, 5.41) is 15.2. The van der Waals surface area contributed by atoms with Gasteiger partial charge in [-0.1, -0.05) is 6.92 Å². The fraction of sp³-hybridized carbons (Fsp3) is 0.857. The van der Waals surface area contributed by atoms with Gasteiger partial charge in [0.15, 0.2) is 0 Å². The van der Waals surface area contributed by atoms with E-state index < -0.39 is 5.60 Å². The SMILES string of the molecule is CC[C@H]1CN(C(=O)C23C[C@H]4C[C@@H](C2)CC(n2cncn2)(C4)C3)CC[C@@]1(C)O. The molecule has 6 atom stereocenters. The maximum absolute atomic E-state index is 13.8. The van der Waals surface area contributed by atoms with E-state index in [1.807, 2.05) is 13.3 Å². The van der Waals surface area contributed by atoms with Crippen LogP contribution in [0.25, 0.3) is 0 Å². The second-order valence-corrected chi connectivity index (χ2v) is 10.3. The number of aromatic nitrogens is 3. The van der Waals surface area contributed by atoms with Gasteiger partial charge >= 0.3 is 0 Å². The van der Waals surface area contributed by atoms with E-state index in [9.17, 15) is 9.90 Å².